The van der Waals surface area contributed by atoms with Gasteiger partial charge in [-0.3, -0.25) is 14.9 Å². The number of benzene rings is 1. The maximum Gasteiger partial charge on any atom is 0.323 e. The van der Waals surface area contributed by atoms with Crippen molar-refractivity contribution in [2.24, 2.45) is 0 Å². The molecule has 0 unspecified atom stereocenters. The Labute approximate surface area is 119 Å². The second-order valence-electron chi connectivity index (χ2n) is 3.83. The van der Waals surface area contributed by atoms with Crippen LogP contribution in [0.5, 0.6) is 0 Å². The fourth-order valence-corrected chi connectivity index (χ4v) is 1.96. The quantitative estimate of drug-likeness (QED) is 0.644. The number of halogens is 2. The Morgan fingerprint density at radius 3 is 2.47 bits per heavy atom. The van der Waals surface area contributed by atoms with Gasteiger partial charge in [-0.1, -0.05) is 30.1 Å². The van der Waals surface area contributed by atoms with Gasteiger partial charge in [0, 0.05) is 12.6 Å². The van der Waals surface area contributed by atoms with Crippen LogP contribution in [0.25, 0.3) is 0 Å². The lowest BCUT2D eigenvalue weighted by Crippen LogP contribution is -2.30. The molecule has 104 valence electrons. The van der Waals surface area contributed by atoms with E-state index in [4.69, 9.17) is 28.3 Å². The highest BCUT2D eigenvalue weighted by Gasteiger charge is 2.23. The van der Waals surface area contributed by atoms with Gasteiger partial charge in [-0.2, -0.15) is 0 Å². The summed E-state index contributed by atoms with van der Waals surface area (Å²) in [6.07, 6.45) is 0.644. The Morgan fingerprint density at radius 2 is 2.00 bits per heavy atom. The molecule has 19 heavy (non-hydrogen) atoms. The van der Waals surface area contributed by atoms with Crippen LogP contribution >= 0.6 is 23.2 Å². The van der Waals surface area contributed by atoms with Gasteiger partial charge in [-0.15, -0.1) is 0 Å². The summed E-state index contributed by atoms with van der Waals surface area (Å²) < 4.78 is 0. The lowest BCUT2D eigenvalue weighted by molar-refractivity contribution is -0.384. The summed E-state index contributed by atoms with van der Waals surface area (Å²) in [7, 11) is 0. The number of nitro groups is 1. The number of nitrogens with zero attached hydrogens (tertiary/aromatic N) is 2. The third kappa shape index (κ3) is 3.97. The van der Waals surface area contributed by atoms with E-state index in [1.54, 1.807) is 0 Å². The molecule has 0 aliphatic carbocycles. The summed E-state index contributed by atoms with van der Waals surface area (Å²) in [5, 5.41) is 20.1. The molecule has 0 bridgehead atoms. The minimum Gasteiger partial charge on any atom is -0.480 e. The Kier molecular flexibility index (Phi) is 5.38. The number of anilines is 1. The molecule has 0 saturated heterocycles. The first-order valence-electron chi connectivity index (χ1n) is 5.47. The van der Waals surface area contributed by atoms with Gasteiger partial charge in [0.1, 0.15) is 12.2 Å². The van der Waals surface area contributed by atoms with Crippen LogP contribution in [-0.2, 0) is 4.79 Å². The highest BCUT2D eigenvalue weighted by atomic mass is 35.5. The average Bonchev–Trinajstić information content (AvgIpc) is 2.30. The molecule has 0 spiro atoms. The molecule has 0 saturated carbocycles. The Morgan fingerprint density at radius 1 is 1.42 bits per heavy atom. The van der Waals surface area contributed by atoms with E-state index in [1.807, 2.05) is 6.92 Å². The molecular formula is C11H12Cl2N2O4. The van der Waals surface area contributed by atoms with Crippen LogP contribution in [0.3, 0.4) is 0 Å². The number of nitro benzene ring substituents is 1. The highest BCUT2D eigenvalue weighted by Crippen LogP contribution is 2.36. The normalized spacial score (nSPS) is 10.3. The second kappa shape index (κ2) is 6.58. The van der Waals surface area contributed by atoms with Gasteiger partial charge in [-0.05, 0) is 12.5 Å². The lowest BCUT2D eigenvalue weighted by atomic mass is 10.2. The van der Waals surface area contributed by atoms with Gasteiger partial charge in [0.25, 0.3) is 5.69 Å². The molecule has 0 radical (unpaired) electrons. The van der Waals surface area contributed by atoms with Gasteiger partial charge in [0.2, 0.25) is 0 Å². The molecule has 0 amide bonds. The van der Waals surface area contributed by atoms with E-state index in [0.717, 1.165) is 6.07 Å². The Hall–Kier alpha value is -1.53. The maximum absolute atomic E-state index is 11.0. The molecule has 6 nitrogen and oxygen atoms in total. The molecule has 0 fully saturated rings. The summed E-state index contributed by atoms with van der Waals surface area (Å²) >= 11 is 11.6. The maximum atomic E-state index is 11.0. The molecule has 1 aromatic rings. The number of carboxylic acid groups (broad SMARTS) is 1. The fourth-order valence-electron chi connectivity index (χ4n) is 1.64. The van der Waals surface area contributed by atoms with Crippen molar-refractivity contribution in [2.75, 3.05) is 18.0 Å². The number of hydrogen-bond donors (Lipinski definition) is 1. The number of rotatable bonds is 6. The first kappa shape index (κ1) is 15.5. The molecule has 8 heteroatoms. The Balaban J connectivity index is 3.30. The molecule has 0 atom stereocenters. The first-order valence-corrected chi connectivity index (χ1v) is 6.22. The van der Waals surface area contributed by atoms with Crippen molar-refractivity contribution in [2.45, 2.75) is 13.3 Å². The molecule has 1 rings (SSSR count). The van der Waals surface area contributed by atoms with Crippen molar-refractivity contribution in [3.8, 4) is 0 Å². The van der Waals surface area contributed by atoms with E-state index in [1.165, 1.54) is 11.0 Å². The molecule has 1 N–H and O–H groups in total. The number of carboxylic acids is 1. The van der Waals surface area contributed by atoms with Crippen LogP contribution in [0, 0.1) is 10.1 Å². The van der Waals surface area contributed by atoms with Crippen LogP contribution in [0.1, 0.15) is 13.3 Å². The molecule has 1 aromatic carbocycles. The molecule has 0 aliphatic rings. The smallest absolute Gasteiger partial charge is 0.323 e. The van der Waals surface area contributed by atoms with E-state index in [9.17, 15) is 14.9 Å². The number of carbonyl (C=O) groups is 1. The van der Waals surface area contributed by atoms with Crippen LogP contribution in [0.4, 0.5) is 11.4 Å². The first-order chi connectivity index (χ1) is 8.86. The fraction of sp³-hybridized carbons (Fsp3) is 0.364. The summed E-state index contributed by atoms with van der Waals surface area (Å²) in [5.41, 5.74) is -0.104. The largest absolute Gasteiger partial charge is 0.480 e. The predicted octanol–water partition coefficient (Wildman–Crippen LogP) is 3.20. The van der Waals surface area contributed by atoms with Crippen molar-refractivity contribution >= 4 is 40.5 Å². The number of aliphatic carboxylic acids is 1. The van der Waals surface area contributed by atoms with E-state index in [-0.39, 0.29) is 28.0 Å². The van der Waals surface area contributed by atoms with Gasteiger partial charge in [-0.25, -0.2) is 0 Å². The van der Waals surface area contributed by atoms with Crippen molar-refractivity contribution in [3.63, 3.8) is 0 Å². The second-order valence-corrected chi connectivity index (χ2v) is 4.64. The molecule has 0 aromatic heterocycles. The van der Waals surface area contributed by atoms with Crippen molar-refractivity contribution in [1.29, 1.82) is 0 Å². The zero-order chi connectivity index (χ0) is 14.6. The standard InChI is InChI=1S/C11H12Cl2N2O4/c1-2-3-14(6-11(16)17)9-4-7(12)8(13)5-10(9)15(18)19/h4-5H,2-3,6H2,1H3,(H,16,17). The SMILES string of the molecule is CCCN(CC(=O)O)c1cc(Cl)c(Cl)cc1[N+](=O)[O-]. The van der Waals surface area contributed by atoms with Gasteiger partial charge < -0.3 is 10.0 Å². The lowest BCUT2D eigenvalue weighted by Gasteiger charge is -2.22. The summed E-state index contributed by atoms with van der Waals surface area (Å²) in [6, 6.07) is 2.45. The number of hydrogen-bond acceptors (Lipinski definition) is 4. The molecule has 0 heterocycles. The van der Waals surface area contributed by atoms with Crippen molar-refractivity contribution < 1.29 is 14.8 Å². The Bertz CT molecular complexity index is 508. The van der Waals surface area contributed by atoms with E-state index in [0.29, 0.717) is 13.0 Å². The van der Waals surface area contributed by atoms with E-state index >= 15 is 0 Å². The van der Waals surface area contributed by atoms with Gasteiger partial charge in [0.05, 0.1) is 15.0 Å². The molecular weight excluding hydrogens is 295 g/mol. The zero-order valence-corrected chi connectivity index (χ0v) is 11.6. The third-order valence-corrected chi connectivity index (χ3v) is 3.10. The molecule has 0 aliphatic heterocycles. The van der Waals surface area contributed by atoms with Crippen LogP contribution in [0.15, 0.2) is 12.1 Å². The predicted molar refractivity (Wildman–Crippen MR) is 73.3 cm³/mol. The monoisotopic (exact) mass is 306 g/mol. The summed E-state index contributed by atoms with van der Waals surface area (Å²) in [6.45, 7) is 1.87. The average molecular weight is 307 g/mol. The van der Waals surface area contributed by atoms with Gasteiger partial charge >= 0.3 is 5.97 Å². The minimum absolute atomic E-state index is 0.0592. The topological polar surface area (TPSA) is 83.7 Å². The van der Waals surface area contributed by atoms with E-state index in [2.05, 4.69) is 0 Å². The van der Waals surface area contributed by atoms with Crippen molar-refractivity contribution in [3.05, 3.63) is 32.3 Å². The van der Waals surface area contributed by atoms with Crippen LogP contribution < -0.4 is 4.90 Å². The summed E-state index contributed by atoms with van der Waals surface area (Å²) in [5.74, 6) is -1.08. The highest BCUT2D eigenvalue weighted by molar-refractivity contribution is 6.42. The van der Waals surface area contributed by atoms with Crippen LogP contribution in [0.2, 0.25) is 10.0 Å². The van der Waals surface area contributed by atoms with E-state index < -0.39 is 10.9 Å². The summed E-state index contributed by atoms with van der Waals surface area (Å²) in [4.78, 5) is 22.6. The third-order valence-electron chi connectivity index (χ3n) is 2.37. The minimum atomic E-state index is -1.08. The van der Waals surface area contributed by atoms with Gasteiger partial charge in [0.15, 0.2) is 0 Å². The van der Waals surface area contributed by atoms with Crippen LogP contribution in [-0.4, -0.2) is 29.1 Å². The van der Waals surface area contributed by atoms with Crippen molar-refractivity contribution in [1.82, 2.24) is 0 Å². The zero-order valence-electron chi connectivity index (χ0n) is 10.1.